The molecule has 2 aromatic heterocycles. The van der Waals surface area contributed by atoms with Crippen molar-refractivity contribution in [3.8, 4) is 0 Å². The van der Waals surface area contributed by atoms with Crippen molar-refractivity contribution in [1.29, 1.82) is 0 Å². The van der Waals surface area contributed by atoms with Crippen LogP contribution in [0.15, 0.2) is 34.9 Å². The Morgan fingerprint density at radius 1 is 1.44 bits per heavy atom. The second-order valence-electron chi connectivity index (χ2n) is 3.62. The number of anilines is 1. The summed E-state index contributed by atoms with van der Waals surface area (Å²) >= 11 is 9.07. The zero-order chi connectivity index (χ0) is 13.1. The Morgan fingerprint density at radius 2 is 2.22 bits per heavy atom. The summed E-state index contributed by atoms with van der Waals surface area (Å²) in [6.07, 6.45) is 1.64. The fraction of sp³-hybridized carbons (Fsp3) is 0.0833. The van der Waals surface area contributed by atoms with E-state index in [9.17, 15) is 4.79 Å². The number of amides is 1. The van der Waals surface area contributed by atoms with Gasteiger partial charge >= 0.3 is 0 Å². The van der Waals surface area contributed by atoms with Crippen LogP contribution in [0.2, 0.25) is 5.15 Å². The van der Waals surface area contributed by atoms with Gasteiger partial charge in [-0.1, -0.05) is 17.7 Å². The van der Waals surface area contributed by atoms with Crippen molar-refractivity contribution in [3.05, 3.63) is 51.3 Å². The zero-order valence-electron chi connectivity index (χ0n) is 9.45. The van der Waals surface area contributed by atoms with Crippen LogP contribution in [0.25, 0.3) is 0 Å². The van der Waals surface area contributed by atoms with E-state index in [0.29, 0.717) is 5.82 Å². The monoisotopic (exact) mass is 325 g/mol. The lowest BCUT2D eigenvalue weighted by Crippen LogP contribution is -2.14. The Kier molecular flexibility index (Phi) is 3.93. The summed E-state index contributed by atoms with van der Waals surface area (Å²) in [5.74, 6) is 0.134. The standard InChI is InChI=1S/C12H9BrClN3O/c1-7-5-11(15-6-8(7)13)17-12(18)9-3-2-4-10(14)16-9/h2-6H,1H3,(H,15,17,18). The van der Waals surface area contributed by atoms with Gasteiger partial charge in [0.25, 0.3) is 5.91 Å². The second kappa shape index (κ2) is 5.46. The minimum Gasteiger partial charge on any atom is -0.305 e. The molecule has 0 saturated carbocycles. The maximum atomic E-state index is 11.9. The summed E-state index contributed by atoms with van der Waals surface area (Å²) in [5, 5.41) is 2.94. The van der Waals surface area contributed by atoms with Crippen LogP contribution >= 0.6 is 27.5 Å². The fourth-order valence-corrected chi connectivity index (χ4v) is 1.70. The Hall–Kier alpha value is -1.46. The minimum absolute atomic E-state index is 0.255. The molecule has 0 atom stereocenters. The van der Waals surface area contributed by atoms with Crippen molar-refractivity contribution in [2.75, 3.05) is 5.32 Å². The molecule has 92 valence electrons. The van der Waals surface area contributed by atoms with E-state index in [1.807, 2.05) is 6.92 Å². The minimum atomic E-state index is -0.341. The van der Waals surface area contributed by atoms with Crippen LogP contribution in [0.4, 0.5) is 5.82 Å². The molecule has 2 aromatic rings. The molecule has 0 aliphatic carbocycles. The number of nitrogens with one attached hydrogen (secondary N) is 1. The molecule has 6 heteroatoms. The first kappa shape index (κ1) is 13.0. The predicted octanol–water partition coefficient (Wildman–Crippen LogP) is 3.45. The van der Waals surface area contributed by atoms with Gasteiger partial charge < -0.3 is 5.32 Å². The third kappa shape index (κ3) is 3.05. The third-order valence-electron chi connectivity index (χ3n) is 2.24. The molecule has 0 unspecified atom stereocenters. The summed E-state index contributed by atoms with van der Waals surface area (Å²) in [7, 11) is 0. The molecule has 18 heavy (non-hydrogen) atoms. The van der Waals surface area contributed by atoms with Crippen molar-refractivity contribution < 1.29 is 4.79 Å². The van der Waals surface area contributed by atoms with E-state index in [-0.39, 0.29) is 16.8 Å². The summed E-state index contributed by atoms with van der Waals surface area (Å²) in [6, 6.07) is 6.64. The lowest BCUT2D eigenvalue weighted by atomic mass is 10.3. The highest BCUT2D eigenvalue weighted by molar-refractivity contribution is 9.10. The topological polar surface area (TPSA) is 54.9 Å². The molecular weight excluding hydrogens is 318 g/mol. The molecule has 1 N–H and O–H groups in total. The first-order valence-electron chi connectivity index (χ1n) is 5.12. The number of hydrogen-bond acceptors (Lipinski definition) is 3. The molecular formula is C12H9BrClN3O. The number of hydrogen-bond donors (Lipinski definition) is 1. The van der Waals surface area contributed by atoms with E-state index in [4.69, 9.17) is 11.6 Å². The molecule has 0 aliphatic rings. The number of carbonyl (C=O) groups is 1. The molecule has 0 aromatic carbocycles. The molecule has 0 bridgehead atoms. The Balaban J connectivity index is 2.18. The molecule has 2 rings (SSSR count). The molecule has 0 aliphatic heterocycles. The summed E-state index contributed by atoms with van der Waals surface area (Å²) in [6.45, 7) is 1.92. The van der Waals surface area contributed by atoms with Crippen molar-refractivity contribution in [2.24, 2.45) is 0 Å². The number of nitrogens with zero attached hydrogens (tertiary/aromatic N) is 2. The van der Waals surface area contributed by atoms with Crippen molar-refractivity contribution in [1.82, 2.24) is 9.97 Å². The number of aromatic nitrogens is 2. The van der Waals surface area contributed by atoms with E-state index in [1.165, 1.54) is 0 Å². The number of halogens is 2. The Bertz CT molecular complexity index is 604. The van der Waals surface area contributed by atoms with E-state index < -0.39 is 0 Å². The highest BCUT2D eigenvalue weighted by atomic mass is 79.9. The maximum absolute atomic E-state index is 11.9. The van der Waals surface area contributed by atoms with Crippen LogP contribution in [0.5, 0.6) is 0 Å². The Morgan fingerprint density at radius 3 is 2.89 bits per heavy atom. The zero-order valence-corrected chi connectivity index (χ0v) is 11.8. The number of pyridine rings is 2. The summed E-state index contributed by atoms with van der Waals surface area (Å²) < 4.78 is 0.890. The first-order chi connectivity index (χ1) is 8.56. The van der Waals surface area contributed by atoms with E-state index in [0.717, 1.165) is 10.0 Å². The molecule has 1 amide bonds. The number of carbonyl (C=O) groups excluding carboxylic acids is 1. The largest absolute Gasteiger partial charge is 0.305 e. The average Bonchev–Trinajstić information content (AvgIpc) is 2.34. The predicted molar refractivity (Wildman–Crippen MR) is 73.9 cm³/mol. The molecule has 0 fully saturated rings. The number of aryl methyl sites for hydroxylation is 1. The molecule has 4 nitrogen and oxygen atoms in total. The van der Waals surface area contributed by atoms with Gasteiger partial charge in [0.15, 0.2) is 0 Å². The van der Waals surface area contributed by atoms with Crippen molar-refractivity contribution >= 4 is 39.3 Å². The number of rotatable bonds is 2. The van der Waals surface area contributed by atoms with Gasteiger partial charge in [0, 0.05) is 10.7 Å². The van der Waals surface area contributed by atoms with Crippen LogP contribution in [0.1, 0.15) is 16.1 Å². The summed E-state index contributed by atoms with van der Waals surface area (Å²) in [4.78, 5) is 19.9. The first-order valence-corrected chi connectivity index (χ1v) is 6.29. The van der Waals surface area contributed by atoms with Gasteiger partial charge in [-0.05, 0) is 46.6 Å². The average molecular weight is 327 g/mol. The van der Waals surface area contributed by atoms with Gasteiger partial charge in [0.2, 0.25) is 0 Å². The van der Waals surface area contributed by atoms with Gasteiger partial charge in [-0.3, -0.25) is 4.79 Å². The van der Waals surface area contributed by atoms with E-state index >= 15 is 0 Å². The van der Waals surface area contributed by atoms with Gasteiger partial charge in [0.05, 0.1) is 0 Å². The van der Waals surface area contributed by atoms with Crippen LogP contribution in [-0.4, -0.2) is 15.9 Å². The van der Waals surface area contributed by atoms with Crippen molar-refractivity contribution in [3.63, 3.8) is 0 Å². The highest BCUT2D eigenvalue weighted by Crippen LogP contribution is 2.17. The normalized spacial score (nSPS) is 10.2. The van der Waals surface area contributed by atoms with Gasteiger partial charge in [-0.25, -0.2) is 9.97 Å². The van der Waals surface area contributed by atoms with Gasteiger partial charge in [0.1, 0.15) is 16.7 Å². The van der Waals surface area contributed by atoms with Crippen LogP contribution in [-0.2, 0) is 0 Å². The van der Waals surface area contributed by atoms with Crippen LogP contribution < -0.4 is 5.32 Å². The van der Waals surface area contributed by atoms with Gasteiger partial charge in [-0.2, -0.15) is 0 Å². The highest BCUT2D eigenvalue weighted by Gasteiger charge is 2.09. The lowest BCUT2D eigenvalue weighted by molar-refractivity contribution is 0.102. The second-order valence-corrected chi connectivity index (χ2v) is 4.86. The quantitative estimate of drug-likeness (QED) is 0.860. The van der Waals surface area contributed by atoms with E-state index in [2.05, 4.69) is 31.2 Å². The fourth-order valence-electron chi connectivity index (χ4n) is 1.32. The van der Waals surface area contributed by atoms with E-state index in [1.54, 1.807) is 30.5 Å². The Labute approximate surface area is 118 Å². The summed E-state index contributed by atoms with van der Waals surface area (Å²) in [5.41, 5.74) is 1.24. The van der Waals surface area contributed by atoms with Crippen LogP contribution in [0.3, 0.4) is 0 Å². The van der Waals surface area contributed by atoms with Gasteiger partial charge in [-0.15, -0.1) is 0 Å². The molecule has 0 saturated heterocycles. The smallest absolute Gasteiger partial charge is 0.275 e. The maximum Gasteiger partial charge on any atom is 0.275 e. The molecule has 0 radical (unpaired) electrons. The van der Waals surface area contributed by atoms with Crippen LogP contribution in [0, 0.1) is 6.92 Å². The third-order valence-corrected chi connectivity index (χ3v) is 3.28. The van der Waals surface area contributed by atoms with Crippen molar-refractivity contribution in [2.45, 2.75) is 6.92 Å². The molecule has 0 spiro atoms. The SMILES string of the molecule is Cc1cc(NC(=O)c2cccc(Cl)n2)ncc1Br. The lowest BCUT2D eigenvalue weighted by Gasteiger charge is -2.05. The molecule has 2 heterocycles.